The minimum atomic E-state index is 0.285. The summed E-state index contributed by atoms with van der Waals surface area (Å²) >= 11 is 0. The van der Waals surface area contributed by atoms with Crippen molar-refractivity contribution in [3.63, 3.8) is 0 Å². The minimum Gasteiger partial charge on any atom is -0.315 e. The molecule has 1 saturated heterocycles. The van der Waals surface area contributed by atoms with Crippen LogP contribution in [0.2, 0.25) is 0 Å². The molecule has 1 aromatic carbocycles. The molecule has 1 aliphatic rings. The second-order valence-electron chi connectivity index (χ2n) is 6.37. The van der Waals surface area contributed by atoms with Crippen LogP contribution < -0.4 is 5.32 Å². The zero-order valence-electron chi connectivity index (χ0n) is 10.9. The summed E-state index contributed by atoms with van der Waals surface area (Å²) in [5.74, 6) is 0. The predicted molar refractivity (Wildman–Crippen MR) is 69.8 cm³/mol. The first-order valence-corrected chi connectivity index (χ1v) is 6.19. The van der Waals surface area contributed by atoms with Crippen LogP contribution in [0.3, 0.4) is 0 Å². The summed E-state index contributed by atoms with van der Waals surface area (Å²) in [6.45, 7) is 11.5. The second-order valence-corrected chi connectivity index (χ2v) is 6.37. The lowest BCUT2D eigenvalue weighted by Crippen LogP contribution is -2.49. The van der Waals surface area contributed by atoms with Gasteiger partial charge in [0.2, 0.25) is 0 Å². The lowest BCUT2D eigenvalue weighted by atomic mass is 9.67. The molecule has 1 N–H and O–H groups in total. The van der Waals surface area contributed by atoms with Gasteiger partial charge in [0.25, 0.3) is 0 Å². The molecule has 0 radical (unpaired) electrons. The van der Waals surface area contributed by atoms with E-state index in [2.05, 4.69) is 57.3 Å². The molecule has 2 rings (SSSR count). The molecule has 0 bridgehead atoms. The molecule has 0 saturated carbocycles. The molecule has 1 atom stereocenters. The largest absolute Gasteiger partial charge is 0.315 e. The first-order chi connectivity index (χ1) is 7.41. The Kier molecular flexibility index (Phi) is 2.83. The first-order valence-electron chi connectivity index (χ1n) is 6.19. The third kappa shape index (κ3) is 2.30. The summed E-state index contributed by atoms with van der Waals surface area (Å²) in [5.41, 5.74) is 3.53. The van der Waals surface area contributed by atoms with Gasteiger partial charge in [0, 0.05) is 18.5 Å². The molecule has 1 nitrogen and oxygen atoms in total. The SMILES string of the molecule is Cc1cccc(C2(C)CNCC(C)(C)C2)c1. The lowest BCUT2D eigenvalue weighted by Gasteiger charge is -2.43. The van der Waals surface area contributed by atoms with Crippen LogP contribution in [-0.4, -0.2) is 13.1 Å². The molecule has 0 aliphatic carbocycles. The molecule has 1 heterocycles. The second kappa shape index (κ2) is 3.89. The fourth-order valence-corrected chi connectivity index (χ4v) is 3.08. The van der Waals surface area contributed by atoms with Gasteiger partial charge in [-0.15, -0.1) is 0 Å². The van der Waals surface area contributed by atoms with Gasteiger partial charge in [-0.2, -0.15) is 0 Å². The van der Waals surface area contributed by atoms with E-state index >= 15 is 0 Å². The Bertz CT molecular complexity index is 381. The molecule has 16 heavy (non-hydrogen) atoms. The molecule has 1 aromatic rings. The third-order valence-corrected chi connectivity index (χ3v) is 3.70. The van der Waals surface area contributed by atoms with Crippen LogP contribution in [0.1, 0.15) is 38.3 Å². The van der Waals surface area contributed by atoms with Crippen LogP contribution in [0.25, 0.3) is 0 Å². The fraction of sp³-hybridized carbons (Fsp3) is 0.600. The van der Waals surface area contributed by atoms with E-state index in [0.717, 1.165) is 13.1 Å². The lowest BCUT2D eigenvalue weighted by molar-refractivity contribution is 0.180. The zero-order valence-corrected chi connectivity index (χ0v) is 10.9. The Hall–Kier alpha value is -0.820. The summed E-state index contributed by atoms with van der Waals surface area (Å²) in [6, 6.07) is 8.96. The maximum absolute atomic E-state index is 3.58. The predicted octanol–water partition coefficient (Wildman–Crippen LogP) is 3.27. The number of nitrogens with one attached hydrogen (secondary N) is 1. The smallest absolute Gasteiger partial charge is 0.00551 e. The van der Waals surface area contributed by atoms with E-state index < -0.39 is 0 Å². The molecule has 1 heteroatoms. The van der Waals surface area contributed by atoms with E-state index in [1.807, 2.05) is 0 Å². The summed E-state index contributed by atoms with van der Waals surface area (Å²) in [7, 11) is 0. The quantitative estimate of drug-likeness (QED) is 0.761. The summed E-state index contributed by atoms with van der Waals surface area (Å²) < 4.78 is 0. The molecular formula is C15H23N. The van der Waals surface area contributed by atoms with Gasteiger partial charge in [0.15, 0.2) is 0 Å². The highest BCUT2D eigenvalue weighted by atomic mass is 14.9. The molecule has 1 fully saturated rings. The molecule has 1 aliphatic heterocycles. The van der Waals surface area contributed by atoms with E-state index in [4.69, 9.17) is 0 Å². The number of hydrogen-bond donors (Lipinski definition) is 1. The first kappa shape index (κ1) is 11.7. The maximum Gasteiger partial charge on any atom is 0.00551 e. The van der Waals surface area contributed by atoms with Crippen molar-refractivity contribution >= 4 is 0 Å². The Labute approximate surface area is 99.3 Å². The van der Waals surface area contributed by atoms with Crippen molar-refractivity contribution in [3.05, 3.63) is 35.4 Å². The van der Waals surface area contributed by atoms with E-state index in [1.165, 1.54) is 17.5 Å². The highest BCUT2D eigenvalue weighted by Crippen LogP contribution is 2.39. The number of rotatable bonds is 1. The van der Waals surface area contributed by atoms with Gasteiger partial charge >= 0.3 is 0 Å². The zero-order chi connectivity index (χ0) is 11.8. The Balaban J connectivity index is 2.31. The summed E-state index contributed by atoms with van der Waals surface area (Å²) in [6.07, 6.45) is 1.26. The summed E-state index contributed by atoms with van der Waals surface area (Å²) in [4.78, 5) is 0. The number of aryl methyl sites for hydroxylation is 1. The minimum absolute atomic E-state index is 0.285. The number of piperidine rings is 1. The fourth-order valence-electron chi connectivity index (χ4n) is 3.08. The Morgan fingerprint density at radius 1 is 1.12 bits per heavy atom. The van der Waals surface area contributed by atoms with Crippen molar-refractivity contribution in [2.75, 3.05) is 13.1 Å². The molecular weight excluding hydrogens is 194 g/mol. The van der Waals surface area contributed by atoms with Crippen molar-refractivity contribution in [1.29, 1.82) is 0 Å². The van der Waals surface area contributed by atoms with Crippen molar-refractivity contribution < 1.29 is 0 Å². The van der Waals surface area contributed by atoms with Crippen LogP contribution in [-0.2, 0) is 5.41 Å². The van der Waals surface area contributed by atoms with E-state index in [1.54, 1.807) is 0 Å². The van der Waals surface area contributed by atoms with Gasteiger partial charge in [-0.3, -0.25) is 0 Å². The molecule has 88 valence electrons. The monoisotopic (exact) mass is 217 g/mol. The van der Waals surface area contributed by atoms with Gasteiger partial charge in [-0.25, -0.2) is 0 Å². The highest BCUT2D eigenvalue weighted by molar-refractivity contribution is 5.30. The van der Waals surface area contributed by atoms with Gasteiger partial charge < -0.3 is 5.32 Å². The van der Waals surface area contributed by atoms with Gasteiger partial charge in [0.05, 0.1) is 0 Å². The standard InChI is InChI=1S/C15H23N/c1-12-6-5-7-13(8-12)15(4)9-14(2,3)10-16-11-15/h5-8,16H,9-11H2,1-4H3. The average molecular weight is 217 g/mol. The molecule has 0 spiro atoms. The van der Waals surface area contributed by atoms with Crippen molar-refractivity contribution in [2.45, 2.75) is 39.5 Å². The molecule has 0 amide bonds. The van der Waals surface area contributed by atoms with Crippen LogP contribution in [0.15, 0.2) is 24.3 Å². The Morgan fingerprint density at radius 3 is 2.50 bits per heavy atom. The maximum atomic E-state index is 3.58. The van der Waals surface area contributed by atoms with E-state index in [9.17, 15) is 0 Å². The van der Waals surface area contributed by atoms with Crippen LogP contribution in [0.4, 0.5) is 0 Å². The molecule has 1 unspecified atom stereocenters. The van der Waals surface area contributed by atoms with Crippen molar-refractivity contribution in [1.82, 2.24) is 5.32 Å². The summed E-state index contributed by atoms with van der Waals surface area (Å²) in [5, 5.41) is 3.58. The van der Waals surface area contributed by atoms with Gasteiger partial charge in [0.1, 0.15) is 0 Å². The highest BCUT2D eigenvalue weighted by Gasteiger charge is 2.37. The van der Waals surface area contributed by atoms with Crippen LogP contribution in [0, 0.1) is 12.3 Å². The normalized spacial score (nSPS) is 29.0. The van der Waals surface area contributed by atoms with Crippen LogP contribution >= 0.6 is 0 Å². The van der Waals surface area contributed by atoms with Gasteiger partial charge in [-0.05, 0) is 24.3 Å². The van der Waals surface area contributed by atoms with E-state index in [0.29, 0.717) is 5.41 Å². The third-order valence-electron chi connectivity index (χ3n) is 3.70. The average Bonchev–Trinajstić information content (AvgIpc) is 2.15. The van der Waals surface area contributed by atoms with Gasteiger partial charge in [-0.1, -0.05) is 50.6 Å². The van der Waals surface area contributed by atoms with E-state index in [-0.39, 0.29) is 5.41 Å². The topological polar surface area (TPSA) is 12.0 Å². The van der Waals surface area contributed by atoms with Crippen molar-refractivity contribution in [2.24, 2.45) is 5.41 Å². The number of benzene rings is 1. The molecule has 0 aromatic heterocycles. The van der Waals surface area contributed by atoms with Crippen molar-refractivity contribution in [3.8, 4) is 0 Å². The van der Waals surface area contributed by atoms with Crippen LogP contribution in [0.5, 0.6) is 0 Å². The number of hydrogen-bond acceptors (Lipinski definition) is 1. The Morgan fingerprint density at radius 2 is 1.88 bits per heavy atom.